The Labute approximate surface area is 147 Å². The van der Waals surface area contributed by atoms with Crippen molar-refractivity contribution in [3.63, 3.8) is 0 Å². The first-order chi connectivity index (χ1) is 11.7. The van der Waals surface area contributed by atoms with Crippen LogP contribution in [0.15, 0.2) is 35.1 Å². The number of nitrogens with zero attached hydrogens (tertiary/aromatic N) is 2. The molecular weight excluding hydrogens is 318 g/mol. The second-order valence-corrected chi connectivity index (χ2v) is 8.33. The fourth-order valence-electron chi connectivity index (χ4n) is 5.26. The molecule has 2 aliphatic heterocycles. The first-order valence-corrected chi connectivity index (χ1v) is 9.51. The summed E-state index contributed by atoms with van der Waals surface area (Å²) in [6.45, 7) is 2.74. The lowest BCUT2D eigenvalue weighted by atomic mass is 9.83. The summed E-state index contributed by atoms with van der Waals surface area (Å²) in [5, 5.41) is 4.56. The van der Waals surface area contributed by atoms with E-state index in [0.717, 1.165) is 30.7 Å². The summed E-state index contributed by atoms with van der Waals surface area (Å²) in [5.41, 5.74) is 1.33. The van der Waals surface area contributed by atoms with Gasteiger partial charge in [-0.2, -0.15) is 0 Å². The number of hydrogen-bond donors (Lipinski definition) is 1. The molecule has 4 aliphatic rings. The van der Waals surface area contributed by atoms with Crippen LogP contribution in [-0.2, 0) is 6.54 Å². The van der Waals surface area contributed by atoms with E-state index in [0.29, 0.717) is 23.8 Å². The van der Waals surface area contributed by atoms with Crippen LogP contribution in [0.4, 0.5) is 0 Å². The number of allylic oxidation sites excluding steroid dienone is 1. The predicted octanol–water partition coefficient (Wildman–Crippen LogP) is 2.11. The second kappa shape index (κ2) is 5.45. The number of rotatable bonds is 1. The monoisotopic (exact) mass is 341 g/mol. The molecule has 1 N–H and O–H groups in total. The van der Waals surface area contributed by atoms with Gasteiger partial charge in [0.1, 0.15) is 0 Å². The molecule has 2 aliphatic carbocycles. The fourth-order valence-corrected chi connectivity index (χ4v) is 5.56. The molecule has 4 bridgehead atoms. The normalized spacial score (nSPS) is 35.8. The first-order valence-electron chi connectivity index (χ1n) is 9.11. The molecule has 1 aromatic heterocycles. The average molecular weight is 341 g/mol. The van der Waals surface area contributed by atoms with Gasteiger partial charge in [-0.05, 0) is 55.3 Å². The summed E-state index contributed by atoms with van der Waals surface area (Å²) >= 11 is 5.75. The number of pyridine rings is 1. The predicted molar refractivity (Wildman–Crippen MR) is 98.0 cm³/mol. The Morgan fingerprint density at radius 3 is 2.83 bits per heavy atom. The summed E-state index contributed by atoms with van der Waals surface area (Å²) in [6, 6.07) is 6.20. The van der Waals surface area contributed by atoms with Crippen molar-refractivity contribution >= 4 is 17.3 Å². The molecule has 5 rings (SSSR count). The molecule has 1 aromatic rings. The maximum absolute atomic E-state index is 12.1. The van der Waals surface area contributed by atoms with Crippen molar-refractivity contribution in [3.05, 3.63) is 46.4 Å². The lowest BCUT2D eigenvalue weighted by Crippen LogP contribution is -2.53. The minimum atomic E-state index is 0.144. The van der Waals surface area contributed by atoms with E-state index < -0.39 is 0 Å². The Balaban J connectivity index is 1.32. The van der Waals surface area contributed by atoms with Gasteiger partial charge in [0, 0.05) is 43.4 Å². The van der Waals surface area contributed by atoms with Gasteiger partial charge in [-0.15, -0.1) is 0 Å². The number of hydrogen-bond acceptors (Lipinski definition) is 2. The van der Waals surface area contributed by atoms with Gasteiger partial charge in [-0.25, -0.2) is 0 Å². The van der Waals surface area contributed by atoms with Crippen LogP contribution < -0.4 is 10.9 Å². The van der Waals surface area contributed by atoms with Crippen molar-refractivity contribution in [2.24, 2.45) is 17.8 Å². The van der Waals surface area contributed by atoms with Gasteiger partial charge < -0.3 is 14.8 Å². The Morgan fingerprint density at radius 2 is 2.04 bits per heavy atom. The Bertz CT molecular complexity index is 770. The van der Waals surface area contributed by atoms with Crippen LogP contribution in [-0.4, -0.2) is 33.7 Å². The molecule has 0 radical (unpaired) electrons. The zero-order valence-electron chi connectivity index (χ0n) is 13.7. The summed E-state index contributed by atoms with van der Waals surface area (Å²) in [4.78, 5) is 14.5. The smallest absolute Gasteiger partial charge is 0.250 e. The summed E-state index contributed by atoms with van der Waals surface area (Å²) in [7, 11) is 0. The van der Waals surface area contributed by atoms with Gasteiger partial charge in [0.15, 0.2) is 5.11 Å². The topological polar surface area (TPSA) is 37.3 Å². The van der Waals surface area contributed by atoms with Crippen molar-refractivity contribution in [2.75, 3.05) is 13.1 Å². The maximum Gasteiger partial charge on any atom is 0.250 e. The largest absolute Gasteiger partial charge is 0.359 e. The number of thiocarbonyl (C=S) groups is 1. The van der Waals surface area contributed by atoms with E-state index >= 15 is 0 Å². The molecule has 0 aromatic carbocycles. The SMILES string of the molecule is O=c1cccc2n1C[C@@H]1C[C@H]2CN(C(=S)N[C@H]2C[C@H]3C=C[C@H]2C3)C1. The third-order valence-corrected chi connectivity index (χ3v) is 6.73. The third kappa shape index (κ3) is 2.32. The van der Waals surface area contributed by atoms with Gasteiger partial charge in [0.2, 0.25) is 0 Å². The van der Waals surface area contributed by atoms with E-state index in [1.807, 2.05) is 10.6 Å². The van der Waals surface area contributed by atoms with Crippen LogP contribution >= 0.6 is 12.2 Å². The Kier molecular flexibility index (Phi) is 3.34. The highest BCUT2D eigenvalue weighted by atomic mass is 32.1. The molecule has 1 saturated carbocycles. The van der Waals surface area contributed by atoms with E-state index in [1.54, 1.807) is 6.07 Å². The summed E-state index contributed by atoms with van der Waals surface area (Å²) in [6.07, 6.45) is 8.43. The third-order valence-electron chi connectivity index (χ3n) is 6.35. The van der Waals surface area contributed by atoms with Crippen LogP contribution in [0.25, 0.3) is 0 Å². The molecule has 0 unspecified atom stereocenters. The average Bonchev–Trinajstić information content (AvgIpc) is 3.18. The highest BCUT2D eigenvalue weighted by molar-refractivity contribution is 7.80. The van der Waals surface area contributed by atoms with Gasteiger partial charge in [0.05, 0.1) is 0 Å². The van der Waals surface area contributed by atoms with Crippen LogP contribution in [0.3, 0.4) is 0 Å². The highest BCUT2D eigenvalue weighted by Gasteiger charge is 2.38. The minimum absolute atomic E-state index is 0.144. The van der Waals surface area contributed by atoms with Crippen LogP contribution in [0.2, 0.25) is 0 Å². The van der Waals surface area contributed by atoms with Crippen molar-refractivity contribution in [2.45, 2.75) is 37.8 Å². The number of piperidine rings is 1. The van der Waals surface area contributed by atoms with E-state index in [1.165, 1.54) is 25.0 Å². The zero-order chi connectivity index (χ0) is 16.3. The van der Waals surface area contributed by atoms with E-state index in [2.05, 4.69) is 28.4 Å². The highest BCUT2D eigenvalue weighted by Crippen LogP contribution is 2.39. The number of nitrogens with one attached hydrogen (secondary N) is 1. The molecule has 0 spiro atoms. The number of likely N-dealkylation sites (tertiary alicyclic amines) is 1. The molecule has 24 heavy (non-hydrogen) atoms. The van der Waals surface area contributed by atoms with Crippen LogP contribution in [0.5, 0.6) is 0 Å². The molecule has 4 nitrogen and oxygen atoms in total. The molecule has 5 heteroatoms. The Morgan fingerprint density at radius 1 is 1.12 bits per heavy atom. The number of fused-ring (bicyclic) bond motifs is 6. The van der Waals surface area contributed by atoms with Gasteiger partial charge >= 0.3 is 0 Å². The lowest BCUT2D eigenvalue weighted by Gasteiger charge is -2.44. The molecule has 1 saturated heterocycles. The van der Waals surface area contributed by atoms with E-state index in [-0.39, 0.29) is 5.56 Å². The molecule has 126 valence electrons. The first kappa shape index (κ1) is 14.7. The second-order valence-electron chi connectivity index (χ2n) is 7.94. The standard InChI is InChI=1S/C19H23N3OS/c23-18-3-1-2-17-15-7-13(10-22(17)18)9-21(11-15)19(24)20-16-8-12-4-5-14(16)6-12/h1-5,12-16H,6-11H2,(H,20,24)/t12-,13+,14-,15-,16-/m0/s1. The van der Waals surface area contributed by atoms with Crippen molar-refractivity contribution in [3.8, 4) is 0 Å². The quantitative estimate of drug-likeness (QED) is 0.627. The van der Waals surface area contributed by atoms with Crippen LogP contribution in [0.1, 0.15) is 30.9 Å². The molecule has 5 atom stereocenters. The van der Waals surface area contributed by atoms with Crippen molar-refractivity contribution in [1.82, 2.24) is 14.8 Å². The van der Waals surface area contributed by atoms with Gasteiger partial charge in [-0.1, -0.05) is 18.2 Å². The van der Waals surface area contributed by atoms with Crippen molar-refractivity contribution < 1.29 is 0 Å². The molecular formula is C19H23N3OS. The van der Waals surface area contributed by atoms with E-state index in [4.69, 9.17) is 12.2 Å². The molecule has 0 amide bonds. The van der Waals surface area contributed by atoms with E-state index in [9.17, 15) is 4.79 Å². The molecule has 2 fully saturated rings. The summed E-state index contributed by atoms with van der Waals surface area (Å²) < 4.78 is 1.98. The molecule has 3 heterocycles. The lowest BCUT2D eigenvalue weighted by molar-refractivity contribution is 0.176. The van der Waals surface area contributed by atoms with Gasteiger partial charge in [-0.3, -0.25) is 4.79 Å². The fraction of sp³-hybridized carbons (Fsp3) is 0.579. The van der Waals surface area contributed by atoms with Crippen molar-refractivity contribution in [1.29, 1.82) is 0 Å². The maximum atomic E-state index is 12.1. The van der Waals surface area contributed by atoms with Gasteiger partial charge in [0.25, 0.3) is 5.56 Å². The van der Waals surface area contributed by atoms with Crippen LogP contribution in [0, 0.1) is 17.8 Å². The summed E-state index contributed by atoms with van der Waals surface area (Å²) in [5.74, 6) is 2.37. The zero-order valence-corrected chi connectivity index (χ0v) is 14.5. The Hall–Kier alpha value is -1.62. The minimum Gasteiger partial charge on any atom is -0.359 e. The number of aromatic nitrogens is 1.